The second-order valence-electron chi connectivity index (χ2n) is 4.10. The number of rotatable bonds is 5. The van der Waals surface area contributed by atoms with E-state index in [1.165, 1.54) is 16.8 Å². The maximum atomic E-state index is 11.6. The van der Waals surface area contributed by atoms with E-state index in [9.17, 15) is 9.59 Å². The average molecular weight is 242 g/mol. The maximum Gasteiger partial charge on any atom is 0.265 e. The number of aromatic nitrogens is 2. The zero-order chi connectivity index (χ0) is 12.2. The second-order valence-corrected chi connectivity index (χ2v) is 4.42. The molecule has 1 rings (SSSR count). The summed E-state index contributed by atoms with van der Waals surface area (Å²) in [5.74, 6) is 0.698. The number of hydrogen-bond donors (Lipinski definition) is 2. The number of nitrogens with one attached hydrogen (secondary N) is 1. The van der Waals surface area contributed by atoms with Gasteiger partial charge in [-0.1, -0.05) is 13.8 Å². The van der Waals surface area contributed by atoms with Crippen molar-refractivity contribution in [2.45, 2.75) is 33.2 Å². The van der Waals surface area contributed by atoms with Crippen LogP contribution in [0.15, 0.2) is 21.7 Å². The summed E-state index contributed by atoms with van der Waals surface area (Å²) >= 11 is 4.34. The highest BCUT2D eigenvalue weighted by Gasteiger charge is 2.25. The summed E-state index contributed by atoms with van der Waals surface area (Å²) in [5.41, 5.74) is -0.454. The maximum absolute atomic E-state index is 11.6. The molecule has 0 bridgehead atoms. The van der Waals surface area contributed by atoms with Crippen LogP contribution in [0.2, 0.25) is 0 Å². The first-order chi connectivity index (χ1) is 7.56. The van der Waals surface area contributed by atoms with Gasteiger partial charge in [-0.3, -0.25) is 14.7 Å². The molecule has 0 aromatic carbocycles. The molecule has 0 amide bonds. The number of H-pyrrole nitrogens is 1. The Hall–Kier alpha value is -0.970. The lowest BCUT2D eigenvalue weighted by atomic mass is 9.84. The van der Waals surface area contributed by atoms with Gasteiger partial charge < -0.3 is 0 Å². The van der Waals surface area contributed by atoms with Gasteiger partial charge in [0.05, 0.1) is 0 Å². The molecule has 90 valence electrons. The summed E-state index contributed by atoms with van der Waals surface area (Å²) in [5, 5.41) is 2.55. The molecule has 0 aliphatic rings. The number of aromatic amines is 1. The lowest BCUT2D eigenvalue weighted by Gasteiger charge is -2.30. The van der Waals surface area contributed by atoms with Gasteiger partial charge in [0.15, 0.2) is 0 Å². The van der Waals surface area contributed by atoms with E-state index in [0.29, 0.717) is 12.3 Å². The van der Waals surface area contributed by atoms with E-state index >= 15 is 0 Å². The third-order valence-corrected chi connectivity index (χ3v) is 3.89. The Morgan fingerprint density at radius 3 is 2.44 bits per heavy atom. The van der Waals surface area contributed by atoms with Gasteiger partial charge in [0, 0.05) is 18.7 Å². The molecule has 1 aromatic rings. The predicted octanol–water partition coefficient (Wildman–Crippen LogP) is 1.27. The Kier molecular flexibility index (Phi) is 4.41. The van der Waals surface area contributed by atoms with Crippen LogP contribution >= 0.6 is 12.6 Å². The van der Waals surface area contributed by atoms with Crippen molar-refractivity contribution in [2.24, 2.45) is 5.41 Å². The molecule has 4 nitrogen and oxygen atoms in total. The smallest absolute Gasteiger partial charge is 0.265 e. The summed E-state index contributed by atoms with van der Waals surface area (Å²) in [6, 6.07) is 2.55. The largest absolute Gasteiger partial charge is 0.268 e. The van der Waals surface area contributed by atoms with Crippen molar-refractivity contribution >= 4 is 12.6 Å². The molecule has 0 fully saturated rings. The van der Waals surface area contributed by atoms with Gasteiger partial charge in [-0.15, -0.1) is 0 Å². The molecular formula is C11H18N2O2S. The molecule has 0 unspecified atom stereocenters. The van der Waals surface area contributed by atoms with Crippen LogP contribution < -0.4 is 11.1 Å². The minimum atomic E-state index is -0.250. The first kappa shape index (κ1) is 13.1. The first-order valence-electron chi connectivity index (χ1n) is 5.48. The van der Waals surface area contributed by atoms with Crippen LogP contribution in [0, 0.1) is 5.41 Å². The Balaban J connectivity index is 3.07. The van der Waals surface area contributed by atoms with Gasteiger partial charge in [-0.2, -0.15) is 12.6 Å². The summed E-state index contributed by atoms with van der Waals surface area (Å²) in [4.78, 5) is 22.7. The van der Waals surface area contributed by atoms with Gasteiger partial charge in [-0.05, 0) is 24.0 Å². The van der Waals surface area contributed by atoms with Crippen LogP contribution in [-0.2, 0) is 6.54 Å². The van der Waals surface area contributed by atoms with Crippen molar-refractivity contribution in [3.05, 3.63) is 32.8 Å². The van der Waals surface area contributed by atoms with Crippen LogP contribution in [0.1, 0.15) is 26.7 Å². The Morgan fingerprint density at radius 2 is 1.94 bits per heavy atom. The molecule has 1 aromatic heterocycles. The van der Waals surface area contributed by atoms with Crippen molar-refractivity contribution in [3.63, 3.8) is 0 Å². The molecule has 0 saturated carbocycles. The molecule has 1 N–H and O–H groups in total. The summed E-state index contributed by atoms with van der Waals surface area (Å²) in [6.45, 7) is 4.66. The number of hydrogen-bond acceptors (Lipinski definition) is 3. The Bertz CT molecular complexity index is 438. The first-order valence-corrected chi connectivity index (χ1v) is 6.11. The van der Waals surface area contributed by atoms with E-state index in [2.05, 4.69) is 31.6 Å². The Morgan fingerprint density at radius 1 is 1.31 bits per heavy atom. The van der Waals surface area contributed by atoms with Gasteiger partial charge in [-0.25, -0.2) is 4.68 Å². The Labute approximate surface area is 100 Å². The zero-order valence-corrected chi connectivity index (χ0v) is 10.6. The van der Waals surface area contributed by atoms with Gasteiger partial charge in [0.25, 0.3) is 11.1 Å². The highest BCUT2D eigenvalue weighted by Crippen LogP contribution is 2.28. The van der Waals surface area contributed by atoms with Crippen LogP contribution in [0.4, 0.5) is 0 Å². The van der Waals surface area contributed by atoms with E-state index in [4.69, 9.17) is 0 Å². The zero-order valence-electron chi connectivity index (χ0n) is 9.69. The molecule has 0 aliphatic heterocycles. The van der Waals surface area contributed by atoms with Crippen LogP contribution in [0.3, 0.4) is 0 Å². The molecular weight excluding hydrogens is 224 g/mol. The third-order valence-electron chi connectivity index (χ3n) is 3.22. The molecule has 0 aliphatic carbocycles. The molecule has 0 radical (unpaired) electrons. The molecule has 0 atom stereocenters. The minimum Gasteiger partial charge on any atom is -0.268 e. The van der Waals surface area contributed by atoms with Crippen molar-refractivity contribution in [1.82, 2.24) is 9.78 Å². The van der Waals surface area contributed by atoms with E-state index in [0.717, 1.165) is 12.8 Å². The number of nitrogens with zero attached hydrogens (tertiary/aromatic N) is 1. The highest BCUT2D eigenvalue weighted by molar-refractivity contribution is 7.80. The lowest BCUT2D eigenvalue weighted by Crippen LogP contribution is -2.36. The fourth-order valence-corrected chi connectivity index (χ4v) is 2.21. The topological polar surface area (TPSA) is 54.9 Å². The summed E-state index contributed by atoms with van der Waals surface area (Å²) in [6.07, 6.45) is 1.85. The van der Waals surface area contributed by atoms with Crippen LogP contribution in [0.5, 0.6) is 0 Å². The lowest BCUT2D eigenvalue weighted by molar-refractivity contribution is 0.240. The average Bonchev–Trinajstić information content (AvgIpc) is 2.31. The van der Waals surface area contributed by atoms with E-state index in [-0.39, 0.29) is 16.5 Å². The van der Waals surface area contributed by atoms with Gasteiger partial charge in [0.2, 0.25) is 0 Å². The van der Waals surface area contributed by atoms with Crippen molar-refractivity contribution < 1.29 is 0 Å². The third kappa shape index (κ3) is 2.78. The van der Waals surface area contributed by atoms with E-state index in [1.54, 1.807) is 0 Å². The van der Waals surface area contributed by atoms with Crippen molar-refractivity contribution in [2.75, 3.05) is 5.75 Å². The highest BCUT2D eigenvalue weighted by atomic mass is 32.1. The monoisotopic (exact) mass is 242 g/mol. The quantitative estimate of drug-likeness (QED) is 0.764. The molecule has 5 heteroatoms. The van der Waals surface area contributed by atoms with E-state index < -0.39 is 0 Å². The molecule has 1 heterocycles. The molecule has 0 spiro atoms. The standard InChI is InChI=1S/C11H18N2O2S/c1-3-11(4-2,8-16)7-13-10(15)6-5-9(14)12-13/h5-6,16H,3-4,7-8H2,1-2H3,(H,12,14). The molecule has 0 saturated heterocycles. The summed E-state index contributed by atoms with van der Waals surface area (Å²) in [7, 11) is 0. The number of thiol groups is 1. The molecule has 16 heavy (non-hydrogen) atoms. The van der Waals surface area contributed by atoms with Crippen molar-refractivity contribution in [3.8, 4) is 0 Å². The van der Waals surface area contributed by atoms with E-state index in [1.807, 2.05) is 0 Å². The van der Waals surface area contributed by atoms with Gasteiger partial charge >= 0.3 is 0 Å². The van der Waals surface area contributed by atoms with Crippen LogP contribution in [-0.4, -0.2) is 15.5 Å². The fourth-order valence-electron chi connectivity index (χ4n) is 1.66. The second kappa shape index (κ2) is 5.39. The minimum absolute atomic E-state index is 0.0305. The summed E-state index contributed by atoms with van der Waals surface area (Å²) < 4.78 is 1.38. The SMILES string of the molecule is CCC(CC)(CS)Cn1[nH]c(=O)ccc1=O. The van der Waals surface area contributed by atoms with Crippen molar-refractivity contribution in [1.29, 1.82) is 0 Å². The van der Waals surface area contributed by atoms with Gasteiger partial charge in [0.1, 0.15) is 0 Å². The predicted molar refractivity (Wildman–Crippen MR) is 68.2 cm³/mol. The normalized spacial score (nSPS) is 11.7. The fraction of sp³-hybridized carbons (Fsp3) is 0.636. The van der Waals surface area contributed by atoms with Crippen LogP contribution in [0.25, 0.3) is 0 Å².